The van der Waals surface area contributed by atoms with E-state index in [4.69, 9.17) is 0 Å². The molecule has 1 aromatic heterocycles. The molecule has 1 aliphatic heterocycles. The normalized spacial score (nSPS) is 21.4. The van der Waals surface area contributed by atoms with E-state index < -0.39 is 0 Å². The number of ketones is 1. The highest BCUT2D eigenvalue weighted by Gasteiger charge is 2.23. The summed E-state index contributed by atoms with van der Waals surface area (Å²) in [6.07, 6.45) is 6.48. The van der Waals surface area contributed by atoms with Crippen LogP contribution in [0.2, 0.25) is 0 Å². The van der Waals surface area contributed by atoms with Crippen LogP contribution in [0.1, 0.15) is 18.4 Å². The summed E-state index contributed by atoms with van der Waals surface area (Å²) in [4.78, 5) is 11.8. The van der Waals surface area contributed by atoms with Crippen LogP contribution < -0.4 is 0 Å². The lowest BCUT2D eigenvalue weighted by Gasteiger charge is -2.04. The highest BCUT2D eigenvalue weighted by atomic mass is 32.2. The molecule has 1 aliphatic rings. The van der Waals surface area contributed by atoms with Gasteiger partial charge in [-0.3, -0.25) is 9.48 Å². The van der Waals surface area contributed by atoms with Crippen LogP contribution in [0.25, 0.3) is 0 Å². The average Bonchev–Trinajstić information content (AvgIpc) is 2.75. The van der Waals surface area contributed by atoms with Crippen LogP contribution in [-0.2, 0) is 18.3 Å². The smallest absolute Gasteiger partial charge is 0.150 e. The number of hydrogen-bond donors (Lipinski definition) is 0. The van der Waals surface area contributed by atoms with E-state index in [1.165, 1.54) is 6.42 Å². The van der Waals surface area contributed by atoms with E-state index in [2.05, 4.69) is 5.10 Å². The van der Waals surface area contributed by atoms with Crippen molar-refractivity contribution < 1.29 is 4.79 Å². The quantitative estimate of drug-likeness (QED) is 0.757. The van der Waals surface area contributed by atoms with Crippen molar-refractivity contribution in [1.82, 2.24) is 9.78 Å². The third-order valence-electron chi connectivity index (χ3n) is 2.43. The van der Waals surface area contributed by atoms with Gasteiger partial charge in [-0.1, -0.05) is 0 Å². The lowest BCUT2D eigenvalue weighted by molar-refractivity contribution is -0.117. The van der Waals surface area contributed by atoms with Crippen molar-refractivity contribution in [3.05, 3.63) is 18.0 Å². The molecule has 3 nitrogen and oxygen atoms in total. The first-order chi connectivity index (χ1) is 6.75. The minimum Gasteiger partial charge on any atom is -0.298 e. The summed E-state index contributed by atoms with van der Waals surface area (Å²) in [5.41, 5.74) is 1.03. The van der Waals surface area contributed by atoms with E-state index >= 15 is 0 Å². The summed E-state index contributed by atoms with van der Waals surface area (Å²) in [7, 11) is 1.87. The molecule has 1 atom stereocenters. The highest BCUT2D eigenvalue weighted by Crippen LogP contribution is 2.27. The molecule has 2 rings (SSSR count). The molecule has 0 spiro atoms. The van der Waals surface area contributed by atoms with Gasteiger partial charge < -0.3 is 0 Å². The number of aryl methyl sites for hydroxylation is 1. The summed E-state index contributed by atoms with van der Waals surface area (Å²) >= 11 is 1.80. The van der Waals surface area contributed by atoms with E-state index in [0.717, 1.165) is 17.7 Å². The Morgan fingerprint density at radius 2 is 2.64 bits per heavy atom. The molecule has 1 saturated heterocycles. The summed E-state index contributed by atoms with van der Waals surface area (Å²) in [5, 5.41) is 4.30. The Morgan fingerprint density at radius 3 is 3.21 bits per heavy atom. The predicted octanol–water partition coefficient (Wildman–Crippen LogP) is 1.43. The topological polar surface area (TPSA) is 34.9 Å². The molecule has 1 fully saturated rings. The summed E-state index contributed by atoms with van der Waals surface area (Å²) in [6, 6.07) is 0. The molecule has 14 heavy (non-hydrogen) atoms. The Morgan fingerprint density at radius 1 is 1.79 bits per heavy atom. The summed E-state index contributed by atoms with van der Waals surface area (Å²) in [6.45, 7) is 0. The molecule has 0 N–H and O–H groups in total. The van der Waals surface area contributed by atoms with Crippen LogP contribution in [0.4, 0.5) is 0 Å². The molecule has 0 aliphatic carbocycles. The first-order valence-corrected chi connectivity index (χ1v) is 5.92. The molecule has 0 saturated carbocycles. The minimum atomic E-state index is 0.246. The van der Waals surface area contributed by atoms with Crippen molar-refractivity contribution in [2.24, 2.45) is 7.05 Å². The number of carbonyl (C=O) groups is 1. The third-order valence-corrected chi connectivity index (χ3v) is 3.85. The Balaban J connectivity index is 1.93. The average molecular weight is 210 g/mol. The number of carbonyl (C=O) groups excluding carboxylic acids is 1. The van der Waals surface area contributed by atoms with Gasteiger partial charge in [-0.15, -0.1) is 0 Å². The largest absolute Gasteiger partial charge is 0.298 e. The Labute approximate surface area is 87.9 Å². The Hall–Kier alpha value is -0.770. The monoisotopic (exact) mass is 210 g/mol. The van der Waals surface area contributed by atoms with Gasteiger partial charge in [0.15, 0.2) is 0 Å². The summed E-state index contributed by atoms with van der Waals surface area (Å²) in [5.74, 6) is 1.50. The van der Waals surface area contributed by atoms with Crippen molar-refractivity contribution in [2.45, 2.75) is 24.5 Å². The van der Waals surface area contributed by atoms with Crippen molar-refractivity contribution in [2.75, 3.05) is 5.75 Å². The van der Waals surface area contributed by atoms with Gasteiger partial charge in [0.25, 0.3) is 0 Å². The van der Waals surface area contributed by atoms with Crippen molar-refractivity contribution >= 4 is 17.5 Å². The van der Waals surface area contributed by atoms with Crippen LogP contribution in [-0.4, -0.2) is 26.6 Å². The molecule has 4 heteroatoms. The molecule has 0 radical (unpaired) electrons. The van der Waals surface area contributed by atoms with Gasteiger partial charge in [0.1, 0.15) is 5.78 Å². The minimum absolute atomic E-state index is 0.246. The van der Waals surface area contributed by atoms with Gasteiger partial charge in [0.2, 0.25) is 0 Å². The van der Waals surface area contributed by atoms with Crippen molar-refractivity contribution in [1.29, 1.82) is 0 Å². The van der Waals surface area contributed by atoms with E-state index in [1.54, 1.807) is 22.6 Å². The highest BCUT2D eigenvalue weighted by molar-refractivity contribution is 8.00. The fourth-order valence-corrected chi connectivity index (χ4v) is 2.93. The molecule has 76 valence electrons. The second-order valence-electron chi connectivity index (χ2n) is 3.67. The SMILES string of the molecule is Cn1cc(CC(=O)C2CCCS2)cn1. The molecular weight excluding hydrogens is 196 g/mol. The molecule has 0 aromatic carbocycles. The van der Waals surface area contributed by atoms with Crippen LogP contribution in [0.15, 0.2) is 12.4 Å². The lowest BCUT2D eigenvalue weighted by atomic mass is 10.1. The number of aromatic nitrogens is 2. The number of thioether (sulfide) groups is 1. The molecule has 1 aromatic rings. The molecule has 0 amide bonds. The first-order valence-electron chi connectivity index (χ1n) is 4.87. The number of nitrogens with zero attached hydrogens (tertiary/aromatic N) is 2. The van der Waals surface area contributed by atoms with Crippen LogP contribution in [0.3, 0.4) is 0 Å². The van der Waals surface area contributed by atoms with Gasteiger partial charge in [-0.2, -0.15) is 16.9 Å². The first kappa shape index (κ1) is 9.77. The van der Waals surface area contributed by atoms with E-state index in [-0.39, 0.29) is 5.25 Å². The number of Topliss-reactive ketones (excluding diaryl/α,β-unsaturated/α-hetero) is 1. The second-order valence-corrected chi connectivity index (χ2v) is 4.98. The molecule has 0 bridgehead atoms. The van der Waals surface area contributed by atoms with Crippen molar-refractivity contribution in [3.8, 4) is 0 Å². The zero-order valence-corrected chi connectivity index (χ0v) is 9.09. The maximum atomic E-state index is 11.8. The van der Waals surface area contributed by atoms with Gasteiger partial charge >= 0.3 is 0 Å². The maximum absolute atomic E-state index is 11.8. The van der Waals surface area contributed by atoms with Gasteiger partial charge in [-0.05, 0) is 24.2 Å². The van der Waals surface area contributed by atoms with Gasteiger partial charge in [-0.25, -0.2) is 0 Å². The van der Waals surface area contributed by atoms with Gasteiger partial charge in [0.05, 0.1) is 11.4 Å². The zero-order chi connectivity index (χ0) is 9.97. The molecule has 2 heterocycles. The van der Waals surface area contributed by atoms with E-state index in [1.807, 2.05) is 13.2 Å². The molecule has 1 unspecified atom stereocenters. The maximum Gasteiger partial charge on any atom is 0.150 e. The number of rotatable bonds is 3. The van der Waals surface area contributed by atoms with Crippen molar-refractivity contribution in [3.63, 3.8) is 0 Å². The Kier molecular flexibility index (Phi) is 2.91. The number of hydrogen-bond acceptors (Lipinski definition) is 3. The fourth-order valence-electron chi connectivity index (χ4n) is 1.71. The summed E-state index contributed by atoms with van der Waals surface area (Å²) < 4.78 is 1.74. The third kappa shape index (κ3) is 2.18. The van der Waals surface area contributed by atoms with Gasteiger partial charge in [0, 0.05) is 19.7 Å². The predicted molar refractivity (Wildman–Crippen MR) is 57.4 cm³/mol. The van der Waals surface area contributed by atoms with Crippen LogP contribution >= 0.6 is 11.8 Å². The standard InChI is InChI=1S/C10H14N2OS/c1-12-7-8(6-11-12)5-9(13)10-3-2-4-14-10/h6-7,10H,2-5H2,1H3. The zero-order valence-electron chi connectivity index (χ0n) is 8.27. The van der Waals surface area contributed by atoms with E-state index in [0.29, 0.717) is 12.2 Å². The van der Waals surface area contributed by atoms with Crippen LogP contribution in [0, 0.1) is 0 Å². The van der Waals surface area contributed by atoms with E-state index in [9.17, 15) is 4.79 Å². The Bertz CT molecular complexity index is 329. The van der Waals surface area contributed by atoms with Crippen LogP contribution in [0.5, 0.6) is 0 Å². The fraction of sp³-hybridized carbons (Fsp3) is 0.600. The molecular formula is C10H14N2OS. The second kappa shape index (κ2) is 4.17. The lowest BCUT2D eigenvalue weighted by Crippen LogP contribution is -2.15.